The zero-order valence-electron chi connectivity index (χ0n) is 16.0. The summed E-state index contributed by atoms with van der Waals surface area (Å²) in [6.45, 7) is 4.91. The third-order valence-corrected chi connectivity index (χ3v) is 4.94. The Morgan fingerprint density at radius 1 is 0.889 bits per heavy atom. The molecule has 3 heteroatoms. The van der Waals surface area contributed by atoms with Gasteiger partial charge in [0.05, 0.1) is 7.11 Å². The highest BCUT2D eigenvalue weighted by Gasteiger charge is 2.13. The van der Waals surface area contributed by atoms with Gasteiger partial charge in [-0.2, -0.15) is 0 Å². The highest BCUT2D eigenvalue weighted by Crippen LogP contribution is 2.37. The average Bonchev–Trinajstić information content (AvgIpc) is 2.72. The van der Waals surface area contributed by atoms with Crippen LogP contribution in [0.3, 0.4) is 0 Å². The van der Waals surface area contributed by atoms with Crippen molar-refractivity contribution in [3.05, 3.63) is 83.4 Å². The van der Waals surface area contributed by atoms with Crippen LogP contribution in [0.5, 0.6) is 11.5 Å². The molecule has 0 fully saturated rings. The Kier molecular flexibility index (Phi) is 6.41. The van der Waals surface area contributed by atoms with Crippen molar-refractivity contribution < 1.29 is 9.47 Å². The van der Waals surface area contributed by atoms with Crippen LogP contribution in [0.25, 0.3) is 11.1 Å². The molecule has 0 saturated heterocycles. The van der Waals surface area contributed by atoms with Gasteiger partial charge < -0.3 is 9.47 Å². The molecule has 0 saturated carbocycles. The monoisotopic (exact) mass is 380 g/mol. The van der Waals surface area contributed by atoms with Gasteiger partial charge in [0.2, 0.25) is 0 Å². The second kappa shape index (κ2) is 8.96. The van der Waals surface area contributed by atoms with E-state index in [1.54, 1.807) is 7.11 Å². The zero-order valence-corrected chi connectivity index (χ0v) is 16.8. The third-order valence-electron chi connectivity index (χ3n) is 4.65. The summed E-state index contributed by atoms with van der Waals surface area (Å²) in [5, 5.41) is 0. The van der Waals surface area contributed by atoms with Gasteiger partial charge in [0, 0.05) is 11.4 Å². The summed E-state index contributed by atoms with van der Waals surface area (Å²) in [6, 6.07) is 22.6. The minimum atomic E-state index is 0.410. The van der Waals surface area contributed by atoms with Crippen molar-refractivity contribution in [2.24, 2.45) is 0 Å². The molecule has 0 aliphatic rings. The largest absolute Gasteiger partial charge is 0.496 e. The van der Waals surface area contributed by atoms with Crippen LogP contribution in [0, 0.1) is 0 Å². The summed E-state index contributed by atoms with van der Waals surface area (Å²) in [7, 11) is 1.70. The quantitative estimate of drug-likeness (QED) is 0.419. The fraction of sp³-hybridized carbons (Fsp3) is 0.250. The van der Waals surface area contributed by atoms with Crippen LogP contribution < -0.4 is 9.47 Å². The molecule has 0 bridgehead atoms. The summed E-state index contributed by atoms with van der Waals surface area (Å²) in [5.41, 5.74) is 5.59. The van der Waals surface area contributed by atoms with Crippen LogP contribution in [0.1, 0.15) is 36.5 Å². The van der Waals surface area contributed by atoms with Gasteiger partial charge in [-0.1, -0.05) is 56.3 Å². The molecule has 3 rings (SSSR count). The highest BCUT2D eigenvalue weighted by molar-refractivity contribution is 6.17. The van der Waals surface area contributed by atoms with Gasteiger partial charge in [-0.25, -0.2) is 0 Å². The van der Waals surface area contributed by atoms with Crippen molar-refractivity contribution in [2.75, 3.05) is 7.11 Å². The lowest BCUT2D eigenvalue weighted by Crippen LogP contribution is -1.98. The summed E-state index contributed by atoms with van der Waals surface area (Å²) in [4.78, 5) is 0. The van der Waals surface area contributed by atoms with E-state index in [9.17, 15) is 0 Å². The normalized spacial score (nSPS) is 10.9. The van der Waals surface area contributed by atoms with Gasteiger partial charge >= 0.3 is 0 Å². The molecule has 0 spiro atoms. The molecule has 3 aromatic carbocycles. The van der Waals surface area contributed by atoms with E-state index in [-0.39, 0.29) is 0 Å². The second-order valence-corrected chi connectivity index (χ2v) is 7.11. The molecule has 140 valence electrons. The van der Waals surface area contributed by atoms with Crippen molar-refractivity contribution in [1.29, 1.82) is 0 Å². The number of methoxy groups -OCH3 is 1. The maximum absolute atomic E-state index is 6.27. The Morgan fingerprint density at radius 3 is 2.33 bits per heavy atom. The number of hydrogen-bond acceptors (Lipinski definition) is 2. The molecular formula is C24H25ClO2. The van der Waals surface area contributed by atoms with Crippen LogP contribution in [0.4, 0.5) is 0 Å². The van der Waals surface area contributed by atoms with Crippen molar-refractivity contribution in [3.8, 4) is 22.6 Å². The SMILES string of the molecule is COc1ccc(C(C)C)cc1-c1ccc(OCc2ccccc2)cc1CCl. The first-order valence-electron chi connectivity index (χ1n) is 9.16. The average molecular weight is 381 g/mol. The Labute approximate surface area is 166 Å². The van der Waals surface area contributed by atoms with Gasteiger partial charge in [0.1, 0.15) is 18.1 Å². The van der Waals surface area contributed by atoms with E-state index in [1.165, 1.54) is 5.56 Å². The molecule has 2 nitrogen and oxygen atoms in total. The number of rotatable bonds is 7. The number of ether oxygens (including phenoxy) is 2. The lowest BCUT2D eigenvalue weighted by Gasteiger charge is -2.16. The fourth-order valence-electron chi connectivity index (χ4n) is 3.07. The fourth-order valence-corrected chi connectivity index (χ4v) is 3.29. The topological polar surface area (TPSA) is 18.5 Å². The van der Waals surface area contributed by atoms with Crippen molar-refractivity contribution in [2.45, 2.75) is 32.3 Å². The molecule has 0 unspecified atom stereocenters. The van der Waals surface area contributed by atoms with Gasteiger partial charge in [0.25, 0.3) is 0 Å². The molecule has 3 aromatic rings. The van der Waals surface area contributed by atoms with E-state index >= 15 is 0 Å². The molecule has 0 amide bonds. The van der Waals surface area contributed by atoms with Crippen LogP contribution in [-0.4, -0.2) is 7.11 Å². The molecule has 0 aromatic heterocycles. The third kappa shape index (κ3) is 4.64. The van der Waals surface area contributed by atoms with Crippen LogP contribution >= 0.6 is 11.6 Å². The summed E-state index contributed by atoms with van der Waals surface area (Å²) in [6.07, 6.45) is 0. The number of hydrogen-bond donors (Lipinski definition) is 0. The first-order chi connectivity index (χ1) is 13.1. The number of halogens is 1. The molecule has 0 radical (unpaired) electrons. The lowest BCUT2D eigenvalue weighted by molar-refractivity contribution is 0.306. The number of benzene rings is 3. The molecule has 0 aliphatic heterocycles. The molecule has 27 heavy (non-hydrogen) atoms. The van der Waals surface area contributed by atoms with Crippen molar-refractivity contribution in [1.82, 2.24) is 0 Å². The van der Waals surface area contributed by atoms with Gasteiger partial charge in [-0.15, -0.1) is 11.6 Å². The van der Waals surface area contributed by atoms with E-state index < -0.39 is 0 Å². The van der Waals surface area contributed by atoms with Crippen LogP contribution in [0.2, 0.25) is 0 Å². The van der Waals surface area contributed by atoms with Gasteiger partial charge in [-0.05, 0) is 52.4 Å². The summed E-state index contributed by atoms with van der Waals surface area (Å²) >= 11 is 6.27. The van der Waals surface area contributed by atoms with E-state index in [0.29, 0.717) is 18.4 Å². The first-order valence-corrected chi connectivity index (χ1v) is 9.69. The number of alkyl halides is 1. The van der Waals surface area contributed by atoms with Crippen LogP contribution in [0.15, 0.2) is 66.7 Å². The van der Waals surface area contributed by atoms with E-state index in [4.69, 9.17) is 21.1 Å². The molecule has 0 N–H and O–H groups in total. The molecule has 0 heterocycles. The van der Waals surface area contributed by atoms with E-state index in [2.05, 4.69) is 44.2 Å². The standard InChI is InChI=1S/C24H25ClO2/c1-17(2)19-9-12-24(26-3)23(14-19)22-11-10-21(13-20(22)15-25)27-16-18-7-5-4-6-8-18/h4-14,17H,15-16H2,1-3H3. The van der Waals surface area contributed by atoms with Gasteiger partial charge in [-0.3, -0.25) is 0 Å². The molecular weight excluding hydrogens is 356 g/mol. The Balaban J connectivity index is 1.91. The minimum Gasteiger partial charge on any atom is -0.496 e. The molecule has 0 aliphatic carbocycles. The Hall–Kier alpha value is -2.45. The maximum atomic E-state index is 6.27. The maximum Gasteiger partial charge on any atom is 0.126 e. The van der Waals surface area contributed by atoms with Crippen molar-refractivity contribution >= 4 is 11.6 Å². The van der Waals surface area contributed by atoms with Crippen LogP contribution in [-0.2, 0) is 12.5 Å². The van der Waals surface area contributed by atoms with E-state index in [0.717, 1.165) is 33.8 Å². The highest BCUT2D eigenvalue weighted by atomic mass is 35.5. The smallest absolute Gasteiger partial charge is 0.126 e. The summed E-state index contributed by atoms with van der Waals surface area (Å²) in [5.74, 6) is 2.52. The lowest BCUT2D eigenvalue weighted by atomic mass is 9.94. The van der Waals surface area contributed by atoms with Crippen molar-refractivity contribution in [3.63, 3.8) is 0 Å². The Bertz CT molecular complexity index is 888. The Morgan fingerprint density at radius 2 is 1.67 bits per heavy atom. The first kappa shape index (κ1) is 19.3. The zero-order chi connectivity index (χ0) is 19.2. The molecule has 0 atom stereocenters. The minimum absolute atomic E-state index is 0.410. The second-order valence-electron chi connectivity index (χ2n) is 6.84. The summed E-state index contributed by atoms with van der Waals surface area (Å²) < 4.78 is 11.5. The van der Waals surface area contributed by atoms with Gasteiger partial charge in [0.15, 0.2) is 0 Å². The predicted molar refractivity (Wildman–Crippen MR) is 113 cm³/mol. The van der Waals surface area contributed by atoms with E-state index in [1.807, 2.05) is 36.4 Å². The predicted octanol–water partition coefficient (Wildman–Crippen LogP) is 6.80.